The molecule has 1 saturated carbocycles. The van der Waals surface area contributed by atoms with Crippen LogP contribution in [0.25, 0.3) is 0 Å². The van der Waals surface area contributed by atoms with Crippen molar-refractivity contribution in [3.05, 3.63) is 18.2 Å². The summed E-state index contributed by atoms with van der Waals surface area (Å²) in [4.78, 5) is 49.7. The number of carbonyl (C=O) groups excluding carboxylic acids is 4. The Morgan fingerprint density at radius 1 is 1.07 bits per heavy atom. The minimum atomic E-state index is -0.791. The van der Waals surface area contributed by atoms with Crippen LogP contribution in [0.4, 0.5) is 5.69 Å². The van der Waals surface area contributed by atoms with Gasteiger partial charge in [-0.05, 0) is 25.0 Å². The highest BCUT2D eigenvalue weighted by molar-refractivity contribution is 6.07. The van der Waals surface area contributed by atoms with Crippen molar-refractivity contribution in [3.8, 4) is 11.5 Å². The van der Waals surface area contributed by atoms with Crippen molar-refractivity contribution in [3.63, 3.8) is 0 Å². The van der Waals surface area contributed by atoms with E-state index in [0.29, 0.717) is 30.0 Å². The number of likely N-dealkylation sites (tertiary alicyclic amines) is 1. The van der Waals surface area contributed by atoms with Gasteiger partial charge in [0.15, 0.2) is 18.1 Å². The molecule has 0 spiro atoms. The summed E-state index contributed by atoms with van der Waals surface area (Å²) in [5.74, 6) is -1.48. The topological polar surface area (TPSA) is 111 Å². The van der Waals surface area contributed by atoms with Gasteiger partial charge in [0.25, 0.3) is 5.91 Å². The van der Waals surface area contributed by atoms with Crippen molar-refractivity contribution in [2.75, 3.05) is 25.3 Å². The van der Waals surface area contributed by atoms with E-state index in [4.69, 9.17) is 14.2 Å². The van der Waals surface area contributed by atoms with Crippen LogP contribution < -0.4 is 14.8 Å². The van der Waals surface area contributed by atoms with E-state index in [1.54, 1.807) is 18.2 Å². The number of nitrogens with one attached hydrogen (secondary N) is 1. The van der Waals surface area contributed by atoms with Crippen LogP contribution in [-0.4, -0.2) is 48.5 Å². The van der Waals surface area contributed by atoms with Crippen molar-refractivity contribution in [2.45, 2.75) is 25.7 Å². The van der Waals surface area contributed by atoms with Gasteiger partial charge in [-0.1, -0.05) is 12.8 Å². The minimum absolute atomic E-state index is 0.125. The molecule has 2 atom stereocenters. The van der Waals surface area contributed by atoms with E-state index in [1.165, 1.54) is 0 Å². The molecule has 4 rings (SSSR count). The number of ether oxygens (including phenoxy) is 3. The lowest BCUT2D eigenvalue weighted by Gasteiger charge is -2.19. The lowest BCUT2D eigenvalue weighted by molar-refractivity contribution is -0.154. The molecular formula is C19H20N2O7. The first kappa shape index (κ1) is 18.3. The van der Waals surface area contributed by atoms with Gasteiger partial charge in [-0.25, -0.2) is 0 Å². The summed E-state index contributed by atoms with van der Waals surface area (Å²) in [5, 5.41) is 2.58. The highest BCUT2D eigenvalue weighted by Gasteiger charge is 2.48. The van der Waals surface area contributed by atoms with Gasteiger partial charge in [0, 0.05) is 11.8 Å². The number of fused-ring (bicyclic) bond motifs is 2. The number of amides is 3. The lowest BCUT2D eigenvalue weighted by atomic mass is 9.81. The quantitative estimate of drug-likeness (QED) is 0.593. The third-order valence-corrected chi connectivity index (χ3v) is 5.24. The van der Waals surface area contributed by atoms with Gasteiger partial charge in [-0.15, -0.1) is 0 Å². The number of nitrogens with zero attached hydrogens (tertiary/aromatic N) is 1. The molecule has 0 radical (unpaired) electrons. The molecule has 0 unspecified atom stereocenters. The number of benzene rings is 1. The Hall–Kier alpha value is -3.10. The third kappa shape index (κ3) is 3.51. The van der Waals surface area contributed by atoms with E-state index >= 15 is 0 Å². The van der Waals surface area contributed by atoms with Crippen LogP contribution in [0.3, 0.4) is 0 Å². The average molecular weight is 388 g/mol. The monoisotopic (exact) mass is 388 g/mol. The van der Waals surface area contributed by atoms with Crippen molar-refractivity contribution < 1.29 is 33.4 Å². The molecule has 1 aromatic rings. The number of hydrogen-bond acceptors (Lipinski definition) is 7. The van der Waals surface area contributed by atoms with Crippen LogP contribution in [0.5, 0.6) is 11.5 Å². The van der Waals surface area contributed by atoms with Crippen molar-refractivity contribution >= 4 is 29.4 Å². The summed E-state index contributed by atoms with van der Waals surface area (Å²) < 4.78 is 15.3. The van der Waals surface area contributed by atoms with Crippen LogP contribution in [0.1, 0.15) is 25.7 Å². The standard InChI is InChI=1S/C19H20N2O7/c22-16(20-11-5-6-14-15(7-11)28-10-27-14)9-26-17(23)8-21-18(24)12-3-1-2-4-13(12)19(21)25/h5-7,12-13H,1-4,8-10H2,(H,20,22)/t12-,13-/m0/s1. The fraction of sp³-hybridized carbons (Fsp3) is 0.474. The van der Waals surface area contributed by atoms with E-state index in [9.17, 15) is 19.2 Å². The molecule has 1 aliphatic carbocycles. The van der Waals surface area contributed by atoms with Crippen LogP contribution in [0.15, 0.2) is 18.2 Å². The number of esters is 1. The fourth-order valence-electron chi connectivity index (χ4n) is 3.88. The predicted molar refractivity (Wildman–Crippen MR) is 94.3 cm³/mol. The first-order chi connectivity index (χ1) is 13.5. The van der Waals surface area contributed by atoms with E-state index in [1.807, 2.05) is 0 Å². The maximum Gasteiger partial charge on any atom is 0.326 e. The Morgan fingerprint density at radius 3 is 2.46 bits per heavy atom. The number of imide groups is 1. The molecule has 0 aromatic heterocycles. The average Bonchev–Trinajstić information content (AvgIpc) is 3.25. The Morgan fingerprint density at radius 2 is 1.75 bits per heavy atom. The first-order valence-electron chi connectivity index (χ1n) is 9.23. The maximum atomic E-state index is 12.4. The van der Waals surface area contributed by atoms with Crippen molar-refractivity contribution in [2.24, 2.45) is 11.8 Å². The van der Waals surface area contributed by atoms with Crippen molar-refractivity contribution in [1.29, 1.82) is 0 Å². The summed E-state index contributed by atoms with van der Waals surface area (Å²) in [6.45, 7) is -0.849. The smallest absolute Gasteiger partial charge is 0.326 e. The molecule has 9 heteroatoms. The predicted octanol–water partition coefficient (Wildman–Crippen LogP) is 1.07. The molecule has 2 fully saturated rings. The molecule has 1 saturated heterocycles. The first-order valence-corrected chi connectivity index (χ1v) is 9.23. The second-order valence-corrected chi connectivity index (χ2v) is 7.04. The van der Waals surface area contributed by atoms with E-state index in [-0.39, 0.29) is 30.4 Å². The fourth-order valence-corrected chi connectivity index (χ4v) is 3.88. The summed E-state index contributed by atoms with van der Waals surface area (Å²) in [6.07, 6.45) is 3.19. The molecular weight excluding hydrogens is 368 g/mol. The number of anilines is 1. The van der Waals surface area contributed by atoms with Crippen LogP contribution in [0, 0.1) is 11.8 Å². The maximum absolute atomic E-state index is 12.4. The molecule has 148 valence electrons. The zero-order chi connectivity index (χ0) is 19.7. The molecule has 2 aliphatic heterocycles. The van der Waals surface area contributed by atoms with Crippen molar-refractivity contribution in [1.82, 2.24) is 4.90 Å². The highest BCUT2D eigenvalue weighted by atomic mass is 16.7. The second kappa shape index (κ2) is 7.49. The molecule has 1 aromatic carbocycles. The SMILES string of the molecule is O=C(COC(=O)CN1C(=O)[C@H]2CCCC[C@@H]2C1=O)Nc1ccc2c(c1)OCO2. The summed E-state index contributed by atoms with van der Waals surface area (Å²) in [5.41, 5.74) is 0.472. The lowest BCUT2D eigenvalue weighted by Crippen LogP contribution is -2.37. The van der Waals surface area contributed by atoms with Gasteiger partial charge in [-0.3, -0.25) is 24.1 Å². The van der Waals surface area contributed by atoms with Gasteiger partial charge in [0.1, 0.15) is 6.54 Å². The van der Waals surface area contributed by atoms with Crippen LogP contribution in [0.2, 0.25) is 0 Å². The Labute approximate surface area is 160 Å². The molecule has 28 heavy (non-hydrogen) atoms. The van der Waals surface area contributed by atoms with E-state index < -0.39 is 25.0 Å². The summed E-state index contributed by atoms with van der Waals surface area (Å²) in [6, 6.07) is 4.90. The van der Waals surface area contributed by atoms with E-state index in [0.717, 1.165) is 17.7 Å². The molecule has 9 nitrogen and oxygen atoms in total. The molecule has 1 N–H and O–H groups in total. The van der Waals surface area contributed by atoms with Gasteiger partial charge in [0.2, 0.25) is 18.6 Å². The van der Waals surface area contributed by atoms with Crippen LogP contribution >= 0.6 is 0 Å². The Kier molecular flexibility index (Phi) is 4.89. The zero-order valence-corrected chi connectivity index (χ0v) is 15.1. The largest absolute Gasteiger partial charge is 0.454 e. The number of rotatable bonds is 5. The normalized spacial score (nSPS) is 22.8. The number of carbonyl (C=O) groups is 4. The van der Waals surface area contributed by atoms with E-state index in [2.05, 4.69) is 5.32 Å². The Bertz CT molecular complexity index is 814. The summed E-state index contributed by atoms with van der Waals surface area (Å²) in [7, 11) is 0. The summed E-state index contributed by atoms with van der Waals surface area (Å²) >= 11 is 0. The third-order valence-electron chi connectivity index (χ3n) is 5.24. The molecule has 2 heterocycles. The van der Waals surface area contributed by atoms with Gasteiger partial charge >= 0.3 is 5.97 Å². The molecule has 3 amide bonds. The van der Waals surface area contributed by atoms with Gasteiger partial charge < -0.3 is 19.5 Å². The Balaban J connectivity index is 1.27. The van der Waals surface area contributed by atoms with Gasteiger partial charge in [0.05, 0.1) is 11.8 Å². The number of hydrogen-bond donors (Lipinski definition) is 1. The highest BCUT2D eigenvalue weighted by Crippen LogP contribution is 2.38. The zero-order valence-electron chi connectivity index (χ0n) is 15.1. The van der Waals surface area contributed by atoms with Crippen LogP contribution in [-0.2, 0) is 23.9 Å². The molecule has 0 bridgehead atoms. The second-order valence-electron chi connectivity index (χ2n) is 7.04. The minimum Gasteiger partial charge on any atom is -0.454 e. The van der Waals surface area contributed by atoms with Gasteiger partial charge in [-0.2, -0.15) is 0 Å². The molecule has 3 aliphatic rings.